The van der Waals surface area contributed by atoms with Crippen LogP contribution in [0.1, 0.15) is 5.56 Å². The summed E-state index contributed by atoms with van der Waals surface area (Å²) >= 11 is 0. The highest BCUT2D eigenvalue weighted by molar-refractivity contribution is 7.89. The number of nitrogens with two attached hydrogens (primary N) is 1. The Balaban J connectivity index is 1.72. The predicted molar refractivity (Wildman–Crippen MR) is 123 cm³/mol. The van der Waals surface area contributed by atoms with Crippen molar-refractivity contribution in [2.45, 2.75) is 22.8 Å². The van der Waals surface area contributed by atoms with Crippen molar-refractivity contribution in [3.8, 4) is 11.1 Å². The number of rotatable bonds is 5. The van der Waals surface area contributed by atoms with Gasteiger partial charge in [0, 0.05) is 61.5 Å². The summed E-state index contributed by atoms with van der Waals surface area (Å²) in [6.07, 6.45) is -9.24. The van der Waals surface area contributed by atoms with Gasteiger partial charge in [0.1, 0.15) is 22.3 Å². The van der Waals surface area contributed by atoms with Crippen LogP contribution >= 0.6 is 0 Å². The Morgan fingerprint density at radius 1 is 0.872 bits per heavy atom. The van der Waals surface area contributed by atoms with Crippen LogP contribution in [0.2, 0.25) is 0 Å². The standard InChI is InChI=1S/C22H19F7N6O3S/c23-15-7-13(9-31-11-15)17-8-14(20(36,21(24,25)26)22(27,28)29)10-33-19(17)34-3-5-35(6-4-34)39(37,38)16-1-2-18(30)32-12-16/h1-2,7-12,36H,3-6H2,(H2,30,32). The summed E-state index contributed by atoms with van der Waals surface area (Å²) in [7, 11) is -3.99. The van der Waals surface area contributed by atoms with E-state index >= 15 is 0 Å². The molecule has 0 radical (unpaired) electrons. The minimum absolute atomic E-state index is 0.0769. The maximum atomic E-state index is 13.9. The van der Waals surface area contributed by atoms with E-state index in [1.54, 1.807) is 0 Å². The number of nitrogens with zero attached hydrogens (tertiary/aromatic N) is 5. The second-order valence-corrected chi connectivity index (χ2v) is 10.4. The van der Waals surface area contributed by atoms with Crippen molar-refractivity contribution < 1.29 is 44.3 Å². The number of sulfonamides is 1. The third kappa shape index (κ3) is 5.20. The number of pyridine rings is 3. The molecule has 1 fully saturated rings. The van der Waals surface area contributed by atoms with Gasteiger partial charge in [-0.3, -0.25) is 4.98 Å². The van der Waals surface area contributed by atoms with Crippen LogP contribution < -0.4 is 10.6 Å². The summed E-state index contributed by atoms with van der Waals surface area (Å²) in [5.74, 6) is -0.988. The zero-order chi connectivity index (χ0) is 28.8. The van der Waals surface area contributed by atoms with Crippen molar-refractivity contribution in [2.75, 3.05) is 36.8 Å². The first kappa shape index (κ1) is 28.4. The largest absolute Gasteiger partial charge is 0.430 e. The van der Waals surface area contributed by atoms with E-state index in [-0.39, 0.29) is 60.0 Å². The molecule has 17 heteroatoms. The molecule has 0 atom stereocenters. The number of aliphatic hydroxyl groups is 1. The zero-order valence-electron chi connectivity index (χ0n) is 19.6. The first-order valence-electron chi connectivity index (χ1n) is 11.0. The number of alkyl halides is 6. The summed E-state index contributed by atoms with van der Waals surface area (Å²) in [6, 6.07) is 3.81. The van der Waals surface area contributed by atoms with E-state index in [9.17, 15) is 44.3 Å². The maximum Gasteiger partial charge on any atom is 0.430 e. The van der Waals surface area contributed by atoms with Gasteiger partial charge in [-0.1, -0.05) is 0 Å². The minimum Gasteiger partial charge on any atom is -0.384 e. The maximum absolute atomic E-state index is 13.9. The molecule has 0 unspecified atom stereocenters. The van der Waals surface area contributed by atoms with E-state index in [4.69, 9.17) is 5.73 Å². The summed E-state index contributed by atoms with van der Waals surface area (Å²) in [5, 5.41) is 9.85. The molecule has 210 valence electrons. The van der Waals surface area contributed by atoms with Gasteiger partial charge >= 0.3 is 12.4 Å². The lowest BCUT2D eigenvalue weighted by atomic mass is 9.91. The number of halogens is 7. The third-order valence-corrected chi connectivity index (χ3v) is 7.94. The van der Waals surface area contributed by atoms with Crippen LogP contribution in [0.5, 0.6) is 0 Å². The van der Waals surface area contributed by atoms with Gasteiger partial charge in [-0.15, -0.1) is 0 Å². The van der Waals surface area contributed by atoms with Crippen LogP contribution in [0.15, 0.2) is 53.9 Å². The van der Waals surface area contributed by atoms with Crippen molar-refractivity contribution in [3.63, 3.8) is 0 Å². The van der Waals surface area contributed by atoms with Gasteiger partial charge in [0.15, 0.2) is 0 Å². The lowest BCUT2D eigenvalue weighted by Crippen LogP contribution is -2.54. The first-order chi connectivity index (χ1) is 18.1. The lowest BCUT2D eigenvalue weighted by molar-refractivity contribution is -0.376. The Morgan fingerprint density at radius 3 is 2.05 bits per heavy atom. The quantitative estimate of drug-likeness (QED) is 0.442. The number of hydrogen-bond donors (Lipinski definition) is 2. The summed E-state index contributed by atoms with van der Waals surface area (Å²) in [5.41, 5.74) is -2.01. The molecule has 9 nitrogen and oxygen atoms in total. The molecule has 4 heterocycles. The number of nitrogen functional groups attached to an aromatic ring is 1. The van der Waals surface area contributed by atoms with Crippen LogP contribution in [0.3, 0.4) is 0 Å². The molecule has 0 saturated carbocycles. The predicted octanol–water partition coefficient (Wildman–Crippen LogP) is 3.08. The molecule has 39 heavy (non-hydrogen) atoms. The van der Waals surface area contributed by atoms with Crippen LogP contribution in [-0.4, -0.2) is 71.3 Å². The molecule has 0 aromatic carbocycles. The Hall–Kier alpha value is -3.57. The molecule has 0 spiro atoms. The van der Waals surface area contributed by atoms with Crippen molar-refractivity contribution in [3.05, 3.63) is 60.4 Å². The van der Waals surface area contributed by atoms with Crippen molar-refractivity contribution in [1.82, 2.24) is 19.3 Å². The van der Waals surface area contributed by atoms with Gasteiger partial charge in [0.2, 0.25) is 10.0 Å². The molecule has 0 bridgehead atoms. The van der Waals surface area contributed by atoms with E-state index in [1.807, 2.05) is 0 Å². The fraction of sp³-hybridized carbons (Fsp3) is 0.318. The van der Waals surface area contributed by atoms with Crippen LogP contribution in [0.25, 0.3) is 11.1 Å². The second-order valence-electron chi connectivity index (χ2n) is 8.50. The van der Waals surface area contributed by atoms with Gasteiger partial charge in [0.05, 0.1) is 6.20 Å². The number of anilines is 2. The normalized spacial score (nSPS) is 15.9. The molecular weight excluding hydrogens is 561 g/mol. The third-order valence-electron chi connectivity index (χ3n) is 6.06. The number of hydrogen-bond acceptors (Lipinski definition) is 8. The molecule has 3 aromatic rings. The Kier molecular flexibility index (Phi) is 7.20. The van der Waals surface area contributed by atoms with E-state index in [1.165, 1.54) is 17.0 Å². The van der Waals surface area contributed by atoms with Gasteiger partial charge in [0.25, 0.3) is 5.60 Å². The second kappa shape index (κ2) is 9.87. The van der Waals surface area contributed by atoms with Gasteiger partial charge < -0.3 is 15.7 Å². The van der Waals surface area contributed by atoms with Gasteiger partial charge in [-0.25, -0.2) is 22.8 Å². The SMILES string of the molecule is Nc1ccc(S(=O)(=O)N2CCN(c3ncc(C(O)(C(F)(F)F)C(F)(F)F)cc3-c3cncc(F)c3)CC2)cn1. The molecular formula is C22H19F7N6O3S. The Labute approximate surface area is 216 Å². The highest BCUT2D eigenvalue weighted by Gasteiger charge is 2.71. The lowest BCUT2D eigenvalue weighted by Gasteiger charge is -2.36. The molecule has 1 aliphatic rings. The fourth-order valence-corrected chi connectivity index (χ4v) is 5.37. The van der Waals surface area contributed by atoms with E-state index < -0.39 is 39.4 Å². The molecule has 0 aliphatic carbocycles. The van der Waals surface area contributed by atoms with Gasteiger partial charge in [-0.05, 0) is 24.3 Å². The highest BCUT2D eigenvalue weighted by Crippen LogP contribution is 2.51. The number of aromatic nitrogens is 3. The van der Waals surface area contributed by atoms with Crippen LogP contribution in [0, 0.1) is 5.82 Å². The molecule has 3 aromatic heterocycles. The minimum atomic E-state index is -6.16. The molecule has 3 N–H and O–H groups in total. The first-order valence-corrected chi connectivity index (χ1v) is 12.4. The smallest absolute Gasteiger partial charge is 0.384 e. The Bertz CT molecular complexity index is 1440. The van der Waals surface area contributed by atoms with Crippen molar-refractivity contribution >= 4 is 21.7 Å². The fourth-order valence-electron chi connectivity index (χ4n) is 4.00. The van der Waals surface area contributed by atoms with Crippen molar-refractivity contribution in [2.24, 2.45) is 0 Å². The summed E-state index contributed by atoms with van der Waals surface area (Å²) in [4.78, 5) is 12.4. The Morgan fingerprint density at radius 2 is 1.51 bits per heavy atom. The highest BCUT2D eigenvalue weighted by atomic mass is 32.2. The average molecular weight is 580 g/mol. The average Bonchev–Trinajstić information content (AvgIpc) is 2.87. The monoisotopic (exact) mass is 580 g/mol. The molecule has 1 aliphatic heterocycles. The topological polar surface area (TPSA) is 126 Å². The van der Waals surface area contributed by atoms with E-state index in [0.717, 1.165) is 29.0 Å². The molecule has 4 rings (SSSR count). The van der Waals surface area contributed by atoms with E-state index in [0.29, 0.717) is 6.07 Å². The molecule has 0 amide bonds. The van der Waals surface area contributed by atoms with Crippen molar-refractivity contribution in [1.29, 1.82) is 0 Å². The van der Waals surface area contributed by atoms with Gasteiger partial charge in [-0.2, -0.15) is 30.6 Å². The van der Waals surface area contributed by atoms with E-state index in [2.05, 4.69) is 15.0 Å². The number of piperazine rings is 1. The van der Waals surface area contributed by atoms with Crippen LogP contribution in [0.4, 0.5) is 42.4 Å². The summed E-state index contributed by atoms with van der Waals surface area (Å²) < 4.78 is 122. The molecule has 1 saturated heterocycles. The van der Waals surface area contributed by atoms with Crippen LogP contribution in [-0.2, 0) is 15.6 Å². The summed E-state index contributed by atoms with van der Waals surface area (Å²) in [6.45, 7) is -0.420. The zero-order valence-corrected chi connectivity index (χ0v) is 20.4.